The van der Waals surface area contributed by atoms with E-state index in [0.717, 1.165) is 42.3 Å². The minimum absolute atomic E-state index is 0.296. The molecule has 1 aromatic heterocycles. The summed E-state index contributed by atoms with van der Waals surface area (Å²) in [6.07, 6.45) is 2.22. The number of hydrogen-bond donors (Lipinski definition) is 1. The summed E-state index contributed by atoms with van der Waals surface area (Å²) in [5.74, 6) is -0.504. The SMILES string of the molecule is O=C(O)c1ccc(-c2csc(C3CCCOC3)n2)cc1. The molecule has 1 aliphatic rings. The molecule has 2 aromatic rings. The lowest BCUT2D eigenvalue weighted by Gasteiger charge is -2.19. The summed E-state index contributed by atoms with van der Waals surface area (Å²) in [6.45, 7) is 1.61. The predicted octanol–water partition coefficient (Wildman–Crippen LogP) is 3.40. The fourth-order valence-corrected chi connectivity index (χ4v) is 3.28. The Labute approximate surface area is 121 Å². The third-order valence-electron chi connectivity index (χ3n) is 3.46. The van der Waals surface area contributed by atoms with E-state index in [1.54, 1.807) is 35.6 Å². The molecule has 0 spiro atoms. The highest BCUT2D eigenvalue weighted by molar-refractivity contribution is 7.10. The summed E-state index contributed by atoms with van der Waals surface area (Å²) < 4.78 is 5.49. The van der Waals surface area contributed by atoms with Crippen molar-refractivity contribution < 1.29 is 14.6 Å². The maximum Gasteiger partial charge on any atom is 0.335 e. The van der Waals surface area contributed by atoms with Crippen LogP contribution in [-0.2, 0) is 4.74 Å². The summed E-state index contributed by atoms with van der Waals surface area (Å²) in [7, 11) is 0. The average Bonchev–Trinajstić information content (AvgIpc) is 2.98. The Balaban J connectivity index is 1.80. The van der Waals surface area contributed by atoms with Crippen LogP contribution in [-0.4, -0.2) is 29.3 Å². The van der Waals surface area contributed by atoms with Crippen LogP contribution in [0.4, 0.5) is 0 Å². The van der Waals surface area contributed by atoms with E-state index in [2.05, 4.69) is 4.98 Å². The van der Waals surface area contributed by atoms with Crippen molar-refractivity contribution in [2.75, 3.05) is 13.2 Å². The van der Waals surface area contributed by atoms with Gasteiger partial charge in [0.1, 0.15) is 0 Å². The van der Waals surface area contributed by atoms with Gasteiger partial charge in [-0.05, 0) is 25.0 Å². The average molecular weight is 289 g/mol. The van der Waals surface area contributed by atoms with E-state index in [1.165, 1.54) is 0 Å². The van der Waals surface area contributed by atoms with Crippen molar-refractivity contribution in [3.8, 4) is 11.3 Å². The first-order valence-corrected chi connectivity index (χ1v) is 7.49. The number of carbonyl (C=O) groups is 1. The van der Waals surface area contributed by atoms with Crippen LogP contribution < -0.4 is 0 Å². The van der Waals surface area contributed by atoms with Gasteiger partial charge in [-0.15, -0.1) is 11.3 Å². The quantitative estimate of drug-likeness (QED) is 0.940. The molecular weight excluding hydrogens is 274 g/mol. The van der Waals surface area contributed by atoms with Crippen LogP contribution in [0.2, 0.25) is 0 Å². The Morgan fingerprint density at radius 2 is 2.15 bits per heavy atom. The second-order valence-corrected chi connectivity index (χ2v) is 5.76. The van der Waals surface area contributed by atoms with E-state index < -0.39 is 5.97 Å². The number of ether oxygens (including phenoxy) is 1. The van der Waals surface area contributed by atoms with Gasteiger partial charge in [-0.3, -0.25) is 0 Å². The van der Waals surface area contributed by atoms with Crippen LogP contribution >= 0.6 is 11.3 Å². The molecule has 20 heavy (non-hydrogen) atoms. The zero-order valence-corrected chi connectivity index (χ0v) is 11.7. The Kier molecular flexibility index (Phi) is 3.80. The van der Waals surface area contributed by atoms with Crippen molar-refractivity contribution >= 4 is 17.3 Å². The number of aromatic carboxylic acids is 1. The van der Waals surface area contributed by atoms with Gasteiger partial charge >= 0.3 is 5.97 Å². The summed E-state index contributed by atoms with van der Waals surface area (Å²) in [6, 6.07) is 6.83. The molecule has 1 fully saturated rings. The van der Waals surface area contributed by atoms with Gasteiger partial charge in [-0.2, -0.15) is 0 Å². The standard InChI is InChI=1S/C15H15NO3S/c17-15(18)11-5-3-10(4-6-11)13-9-20-14(16-13)12-2-1-7-19-8-12/h3-6,9,12H,1-2,7-8H2,(H,17,18). The van der Waals surface area contributed by atoms with Crippen molar-refractivity contribution in [3.05, 3.63) is 40.2 Å². The number of aromatic nitrogens is 1. The monoisotopic (exact) mass is 289 g/mol. The summed E-state index contributed by atoms with van der Waals surface area (Å²) in [5.41, 5.74) is 2.16. The highest BCUT2D eigenvalue weighted by Gasteiger charge is 2.19. The van der Waals surface area contributed by atoms with Crippen LogP contribution in [0.25, 0.3) is 11.3 Å². The highest BCUT2D eigenvalue weighted by atomic mass is 32.1. The highest BCUT2D eigenvalue weighted by Crippen LogP contribution is 2.31. The first kappa shape index (κ1) is 13.3. The fourth-order valence-electron chi connectivity index (χ4n) is 2.33. The van der Waals surface area contributed by atoms with Crippen molar-refractivity contribution in [3.63, 3.8) is 0 Å². The molecule has 1 unspecified atom stereocenters. The van der Waals surface area contributed by atoms with Crippen LogP contribution in [0.3, 0.4) is 0 Å². The molecule has 0 saturated carbocycles. The number of thiazole rings is 1. The molecule has 0 bridgehead atoms. The van der Waals surface area contributed by atoms with Crippen LogP contribution in [0, 0.1) is 0 Å². The Morgan fingerprint density at radius 3 is 2.80 bits per heavy atom. The normalized spacial score (nSPS) is 18.9. The lowest BCUT2D eigenvalue weighted by molar-refractivity contribution is 0.0697. The number of carboxylic acids is 1. The van der Waals surface area contributed by atoms with E-state index in [-0.39, 0.29) is 0 Å². The van der Waals surface area contributed by atoms with Crippen molar-refractivity contribution in [1.29, 1.82) is 0 Å². The molecule has 0 amide bonds. The molecule has 1 saturated heterocycles. The Bertz CT molecular complexity index is 600. The lowest BCUT2D eigenvalue weighted by Crippen LogP contribution is -2.15. The second-order valence-electron chi connectivity index (χ2n) is 4.87. The maximum absolute atomic E-state index is 10.8. The van der Waals surface area contributed by atoms with Crippen LogP contribution in [0.5, 0.6) is 0 Å². The maximum atomic E-state index is 10.8. The van der Waals surface area contributed by atoms with Gasteiger partial charge in [0.05, 0.1) is 22.9 Å². The molecule has 1 aromatic carbocycles. The number of rotatable bonds is 3. The summed E-state index contributed by atoms with van der Waals surface area (Å²) in [5, 5.41) is 12.0. The molecule has 3 rings (SSSR count). The lowest BCUT2D eigenvalue weighted by atomic mass is 10.0. The van der Waals surface area contributed by atoms with E-state index in [0.29, 0.717) is 11.5 Å². The van der Waals surface area contributed by atoms with Gasteiger partial charge in [0.15, 0.2) is 0 Å². The molecule has 0 radical (unpaired) electrons. The third-order valence-corrected chi connectivity index (χ3v) is 4.47. The first-order chi connectivity index (χ1) is 9.74. The van der Waals surface area contributed by atoms with E-state index in [9.17, 15) is 4.79 Å². The smallest absolute Gasteiger partial charge is 0.335 e. The molecular formula is C15H15NO3S. The number of hydrogen-bond acceptors (Lipinski definition) is 4. The topological polar surface area (TPSA) is 59.4 Å². The molecule has 1 aliphatic heterocycles. The van der Waals surface area contributed by atoms with Gasteiger partial charge in [0, 0.05) is 23.5 Å². The molecule has 0 aliphatic carbocycles. The zero-order valence-electron chi connectivity index (χ0n) is 10.9. The summed E-state index contributed by atoms with van der Waals surface area (Å²) >= 11 is 1.65. The van der Waals surface area contributed by atoms with Gasteiger partial charge in [-0.1, -0.05) is 12.1 Å². The zero-order chi connectivity index (χ0) is 13.9. The minimum Gasteiger partial charge on any atom is -0.478 e. The second kappa shape index (κ2) is 5.73. The number of carboxylic acid groups (broad SMARTS) is 1. The van der Waals surface area contributed by atoms with E-state index in [4.69, 9.17) is 9.84 Å². The Hall–Kier alpha value is -1.72. The van der Waals surface area contributed by atoms with Gasteiger partial charge in [0.25, 0.3) is 0 Å². The predicted molar refractivity (Wildman–Crippen MR) is 77.3 cm³/mol. The van der Waals surface area contributed by atoms with Gasteiger partial charge < -0.3 is 9.84 Å². The Morgan fingerprint density at radius 1 is 1.35 bits per heavy atom. The van der Waals surface area contributed by atoms with Crippen molar-refractivity contribution in [2.24, 2.45) is 0 Å². The minimum atomic E-state index is -0.908. The summed E-state index contributed by atoms with van der Waals surface area (Å²) in [4.78, 5) is 15.5. The van der Waals surface area contributed by atoms with Gasteiger partial charge in [-0.25, -0.2) is 9.78 Å². The van der Waals surface area contributed by atoms with E-state index in [1.807, 2.05) is 5.38 Å². The van der Waals surface area contributed by atoms with Gasteiger partial charge in [0.2, 0.25) is 0 Å². The fraction of sp³-hybridized carbons (Fsp3) is 0.333. The number of benzene rings is 1. The van der Waals surface area contributed by atoms with Crippen LogP contribution in [0.15, 0.2) is 29.6 Å². The van der Waals surface area contributed by atoms with Crippen molar-refractivity contribution in [2.45, 2.75) is 18.8 Å². The largest absolute Gasteiger partial charge is 0.478 e. The molecule has 2 heterocycles. The van der Waals surface area contributed by atoms with E-state index >= 15 is 0 Å². The third kappa shape index (κ3) is 2.73. The van der Waals surface area contributed by atoms with Crippen molar-refractivity contribution in [1.82, 2.24) is 4.98 Å². The van der Waals surface area contributed by atoms with Crippen LogP contribution in [0.1, 0.15) is 34.1 Å². The molecule has 1 N–H and O–H groups in total. The molecule has 1 atom stereocenters. The molecule has 4 nitrogen and oxygen atoms in total. The first-order valence-electron chi connectivity index (χ1n) is 6.61. The number of nitrogens with zero attached hydrogens (tertiary/aromatic N) is 1. The molecule has 5 heteroatoms. The molecule has 104 valence electrons.